The summed E-state index contributed by atoms with van der Waals surface area (Å²) < 4.78 is 5.41. The Balaban J connectivity index is 1.89. The average molecular weight is 248 g/mol. The second kappa shape index (κ2) is 5.10. The van der Waals surface area contributed by atoms with E-state index in [4.69, 9.17) is 15.5 Å². The summed E-state index contributed by atoms with van der Waals surface area (Å²) in [6, 6.07) is 0. The van der Waals surface area contributed by atoms with Crippen LogP contribution in [0.15, 0.2) is 0 Å². The molecule has 0 aromatic carbocycles. The van der Waals surface area contributed by atoms with Crippen LogP contribution in [0, 0.1) is 0 Å². The zero-order valence-corrected chi connectivity index (χ0v) is 10.7. The quantitative estimate of drug-likeness (QED) is 0.816. The molecule has 0 bridgehead atoms. The van der Waals surface area contributed by atoms with Gasteiger partial charge in [-0.15, -0.1) is 0 Å². The lowest BCUT2D eigenvalue weighted by molar-refractivity contribution is 0.109. The number of hydrogen-bond donors (Lipinski definition) is 1. The maximum atomic E-state index is 6.03. The van der Waals surface area contributed by atoms with Gasteiger partial charge in [0.05, 0.1) is 18.9 Å². The van der Waals surface area contributed by atoms with Crippen LogP contribution in [0.2, 0.25) is 0 Å². The molecule has 98 valence electrons. The second-order valence-electron chi connectivity index (χ2n) is 5.04. The van der Waals surface area contributed by atoms with Crippen molar-refractivity contribution < 1.29 is 4.74 Å². The van der Waals surface area contributed by atoms with Gasteiger partial charge in [-0.3, -0.25) is 0 Å². The maximum absolute atomic E-state index is 6.03. The fraction of sp³-hybridized carbons (Fsp3) is 0.692. The van der Waals surface area contributed by atoms with Crippen LogP contribution >= 0.6 is 0 Å². The molecular weight excluding hydrogens is 228 g/mol. The van der Waals surface area contributed by atoms with Crippen LogP contribution in [-0.4, -0.2) is 29.7 Å². The number of nitrogen functional groups attached to an aromatic ring is 1. The highest BCUT2D eigenvalue weighted by atomic mass is 16.5. The minimum Gasteiger partial charge on any atom is -0.383 e. The van der Waals surface area contributed by atoms with Crippen molar-refractivity contribution in [2.24, 2.45) is 0 Å². The van der Waals surface area contributed by atoms with Crippen LogP contribution in [0.5, 0.6) is 0 Å². The Labute approximate surface area is 107 Å². The topological polar surface area (TPSA) is 64.3 Å². The predicted octanol–water partition coefficient (Wildman–Crippen LogP) is 1.51. The minimum atomic E-state index is 0.557. The fourth-order valence-electron chi connectivity index (χ4n) is 2.66. The van der Waals surface area contributed by atoms with Crippen molar-refractivity contribution >= 4 is 11.8 Å². The standard InChI is InChI=1S/C13H20N4O/c14-12-10-9-18-8-5-11(10)15-13(16-12)17-6-3-1-2-4-7-17/h1-9H2,(H2,14,15,16). The Bertz CT molecular complexity index is 427. The largest absolute Gasteiger partial charge is 0.383 e. The van der Waals surface area contributed by atoms with Crippen LogP contribution in [0.25, 0.3) is 0 Å². The van der Waals surface area contributed by atoms with E-state index in [1.165, 1.54) is 25.7 Å². The third kappa shape index (κ3) is 2.27. The molecule has 5 heteroatoms. The molecule has 3 heterocycles. The highest BCUT2D eigenvalue weighted by Crippen LogP contribution is 2.24. The van der Waals surface area contributed by atoms with Crippen molar-refractivity contribution in [2.45, 2.75) is 38.7 Å². The Morgan fingerprint density at radius 2 is 1.83 bits per heavy atom. The average Bonchev–Trinajstić information content (AvgIpc) is 2.67. The molecule has 0 spiro atoms. The van der Waals surface area contributed by atoms with Crippen molar-refractivity contribution in [3.63, 3.8) is 0 Å². The molecule has 1 aromatic rings. The molecule has 2 aliphatic rings. The number of nitrogens with two attached hydrogens (primary N) is 1. The second-order valence-corrected chi connectivity index (χ2v) is 5.04. The lowest BCUT2D eigenvalue weighted by Gasteiger charge is -2.24. The van der Waals surface area contributed by atoms with Crippen LogP contribution in [0.3, 0.4) is 0 Å². The van der Waals surface area contributed by atoms with Gasteiger partial charge in [0, 0.05) is 25.1 Å². The molecule has 18 heavy (non-hydrogen) atoms. The first-order valence-electron chi connectivity index (χ1n) is 6.82. The molecule has 0 saturated carbocycles. The first-order valence-corrected chi connectivity index (χ1v) is 6.82. The van der Waals surface area contributed by atoms with Crippen molar-refractivity contribution in [3.8, 4) is 0 Å². The van der Waals surface area contributed by atoms with E-state index in [1.807, 2.05) is 0 Å². The minimum absolute atomic E-state index is 0.557. The number of anilines is 2. The molecule has 1 saturated heterocycles. The zero-order chi connectivity index (χ0) is 12.4. The maximum Gasteiger partial charge on any atom is 0.227 e. The Hall–Kier alpha value is -1.36. The van der Waals surface area contributed by atoms with E-state index < -0.39 is 0 Å². The van der Waals surface area contributed by atoms with E-state index >= 15 is 0 Å². The predicted molar refractivity (Wildman–Crippen MR) is 70.5 cm³/mol. The van der Waals surface area contributed by atoms with E-state index in [1.54, 1.807) is 0 Å². The van der Waals surface area contributed by atoms with Crippen molar-refractivity contribution in [2.75, 3.05) is 30.3 Å². The highest BCUT2D eigenvalue weighted by Gasteiger charge is 2.19. The molecule has 0 atom stereocenters. The summed E-state index contributed by atoms with van der Waals surface area (Å²) in [5.41, 5.74) is 8.09. The highest BCUT2D eigenvalue weighted by molar-refractivity contribution is 5.48. The van der Waals surface area contributed by atoms with Gasteiger partial charge in [0.1, 0.15) is 5.82 Å². The molecule has 3 rings (SSSR count). The number of aromatic nitrogens is 2. The van der Waals surface area contributed by atoms with E-state index in [0.29, 0.717) is 12.4 Å². The fourth-order valence-corrected chi connectivity index (χ4v) is 2.66. The molecule has 2 N–H and O–H groups in total. The van der Waals surface area contributed by atoms with E-state index in [2.05, 4.69) is 9.88 Å². The van der Waals surface area contributed by atoms with E-state index in [9.17, 15) is 0 Å². The molecule has 1 fully saturated rings. The molecule has 0 amide bonds. The van der Waals surface area contributed by atoms with Crippen LogP contribution in [0.1, 0.15) is 36.9 Å². The molecule has 0 aliphatic carbocycles. The van der Waals surface area contributed by atoms with Gasteiger partial charge in [0.15, 0.2) is 0 Å². The smallest absolute Gasteiger partial charge is 0.227 e. The first kappa shape index (κ1) is 11.7. The van der Waals surface area contributed by atoms with Gasteiger partial charge in [-0.2, -0.15) is 4.98 Å². The number of nitrogens with zero attached hydrogens (tertiary/aromatic N) is 3. The monoisotopic (exact) mass is 248 g/mol. The van der Waals surface area contributed by atoms with E-state index in [-0.39, 0.29) is 0 Å². The van der Waals surface area contributed by atoms with Crippen molar-refractivity contribution in [3.05, 3.63) is 11.3 Å². The SMILES string of the molecule is Nc1nc(N2CCCCCC2)nc2c1COCC2. The summed E-state index contributed by atoms with van der Waals surface area (Å²) in [6.45, 7) is 3.40. The van der Waals surface area contributed by atoms with Crippen molar-refractivity contribution in [1.29, 1.82) is 0 Å². The molecule has 0 unspecified atom stereocenters. The Morgan fingerprint density at radius 3 is 2.61 bits per heavy atom. The summed E-state index contributed by atoms with van der Waals surface area (Å²) in [5.74, 6) is 1.41. The number of rotatable bonds is 1. The summed E-state index contributed by atoms with van der Waals surface area (Å²) in [7, 11) is 0. The molecule has 2 aliphatic heterocycles. The van der Waals surface area contributed by atoms with Gasteiger partial charge in [0.25, 0.3) is 0 Å². The van der Waals surface area contributed by atoms with Gasteiger partial charge >= 0.3 is 0 Å². The van der Waals surface area contributed by atoms with Crippen LogP contribution in [0.4, 0.5) is 11.8 Å². The summed E-state index contributed by atoms with van der Waals surface area (Å²) in [5, 5.41) is 0. The number of fused-ring (bicyclic) bond motifs is 1. The van der Waals surface area contributed by atoms with Gasteiger partial charge in [-0.1, -0.05) is 12.8 Å². The van der Waals surface area contributed by atoms with Gasteiger partial charge in [-0.05, 0) is 12.8 Å². The van der Waals surface area contributed by atoms with E-state index in [0.717, 1.165) is 43.3 Å². The summed E-state index contributed by atoms with van der Waals surface area (Å²) in [4.78, 5) is 11.4. The normalized spacial score (nSPS) is 20.3. The number of hydrogen-bond acceptors (Lipinski definition) is 5. The summed E-state index contributed by atoms with van der Waals surface area (Å²) >= 11 is 0. The first-order chi connectivity index (χ1) is 8.84. The molecule has 5 nitrogen and oxygen atoms in total. The van der Waals surface area contributed by atoms with Crippen LogP contribution < -0.4 is 10.6 Å². The lowest BCUT2D eigenvalue weighted by atomic mass is 10.1. The van der Waals surface area contributed by atoms with Gasteiger partial charge < -0.3 is 15.4 Å². The molecule has 1 aromatic heterocycles. The number of ether oxygens (including phenoxy) is 1. The summed E-state index contributed by atoms with van der Waals surface area (Å²) in [6.07, 6.45) is 5.92. The lowest BCUT2D eigenvalue weighted by Crippen LogP contribution is -2.28. The van der Waals surface area contributed by atoms with Gasteiger partial charge in [-0.25, -0.2) is 4.98 Å². The third-order valence-corrected chi connectivity index (χ3v) is 3.73. The zero-order valence-electron chi connectivity index (χ0n) is 10.7. The molecular formula is C13H20N4O. The van der Waals surface area contributed by atoms with Gasteiger partial charge in [0.2, 0.25) is 5.95 Å². The van der Waals surface area contributed by atoms with Crippen LogP contribution in [-0.2, 0) is 17.8 Å². The third-order valence-electron chi connectivity index (χ3n) is 3.73. The van der Waals surface area contributed by atoms with Crippen molar-refractivity contribution in [1.82, 2.24) is 9.97 Å². The molecule has 0 radical (unpaired) electrons. The Morgan fingerprint density at radius 1 is 1.06 bits per heavy atom. The Kier molecular flexibility index (Phi) is 3.32.